The van der Waals surface area contributed by atoms with Crippen molar-refractivity contribution >= 4 is 6.29 Å². The zero-order valence-corrected chi connectivity index (χ0v) is 25.7. The Balaban J connectivity index is 2.63. The number of carbonyl (C=O) groups excluding carboxylic acids is 1. The number of nitrogens with two attached hydrogens (primary N) is 5. The Morgan fingerprint density at radius 3 is 1.90 bits per heavy atom. The Kier molecular flexibility index (Phi) is 23.8. The molecule has 0 aromatic heterocycles. The zero-order chi connectivity index (χ0) is 30.7. The van der Waals surface area contributed by atoms with Gasteiger partial charge < -0.3 is 47.8 Å². The summed E-state index contributed by atoms with van der Waals surface area (Å²) >= 11 is 0. The van der Waals surface area contributed by atoms with Crippen molar-refractivity contribution in [2.75, 3.05) is 52.5 Å². The molecule has 244 valence electrons. The first-order chi connectivity index (χ1) is 20.5. The maximum atomic E-state index is 11.8. The molecular formula is C30H60N8O4. The van der Waals surface area contributed by atoms with Crippen molar-refractivity contribution in [3.63, 3.8) is 0 Å². The predicted molar refractivity (Wildman–Crippen MR) is 170 cm³/mol. The van der Waals surface area contributed by atoms with Crippen LogP contribution in [0.4, 0.5) is 0 Å². The fourth-order valence-corrected chi connectivity index (χ4v) is 4.52. The molecule has 3 atom stereocenters. The van der Waals surface area contributed by atoms with E-state index in [1.807, 2.05) is 18.5 Å². The first-order valence-corrected chi connectivity index (χ1v) is 15.8. The van der Waals surface area contributed by atoms with E-state index in [0.29, 0.717) is 44.9 Å². The number of carbonyl (C=O) groups is 1. The highest BCUT2D eigenvalue weighted by Crippen LogP contribution is 2.27. The molecule has 0 saturated heterocycles. The van der Waals surface area contributed by atoms with Crippen molar-refractivity contribution in [3.05, 3.63) is 35.4 Å². The highest BCUT2D eigenvalue weighted by molar-refractivity contribution is 5.74. The molecule has 0 amide bonds. The molecule has 0 aromatic rings. The lowest BCUT2D eigenvalue weighted by Gasteiger charge is -2.36. The molecule has 1 unspecified atom stereocenters. The number of ether oxygens (including phenoxy) is 3. The Morgan fingerprint density at radius 2 is 1.33 bits per heavy atom. The van der Waals surface area contributed by atoms with Gasteiger partial charge in [0, 0.05) is 69.7 Å². The fourth-order valence-electron chi connectivity index (χ4n) is 4.52. The van der Waals surface area contributed by atoms with Crippen LogP contribution in [-0.4, -0.2) is 77.1 Å². The van der Waals surface area contributed by atoms with Gasteiger partial charge in [-0.2, -0.15) is 0 Å². The van der Waals surface area contributed by atoms with E-state index in [1.54, 1.807) is 0 Å². The van der Waals surface area contributed by atoms with Gasteiger partial charge in [0.25, 0.3) is 0 Å². The Hall–Kier alpha value is -2.19. The van der Waals surface area contributed by atoms with Gasteiger partial charge in [-0.1, -0.05) is 0 Å². The lowest BCUT2D eigenvalue weighted by molar-refractivity contribution is -0.134. The summed E-state index contributed by atoms with van der Waals surface area (Å²) in [4.78, 5) is 11.8. The minimum absolute atomic E-state index is 0.247. The van der Waals surface area contributed by atoms with E-state index < -0.39 is 0 Å². The lowest BCUT2D eigenvalue weighted by atomic mass is 9.92. The molecule has 0 radical (unpaired) electrons. The molecule has 12 nitrogen and oxygen atoms in total. The summed E-state index contributed by atoms with van der Waals surface area (Å²) in [6.07, 6.45) is 15.9. The monoisotopic (exact) mass is 596 g/mol. The van der Waals surface area contributed by atoms with Crippen LogP contribution >= 0.6 is 0 Å². The molecular weight excluding hydrogens is 536 g/mol. The second kappa shape index (κ2) is 26.4. The SMILES string of the molecule is NCCCN/C=C(\N)CCCCOC1[C@@H](OCCCC/C(N)=C/NCCCN)C=C(C=O)C[C@H]1OCCCCCNN. The smallest absolute Gasteiger partial charge is 0.145 e. The van der Waals surface area contributed by atoms with Crippen molar-refractivity contribution in [1.82, 2.24) is 16.1 Å². The first kappa shape index (κ1) is 37.8. The van der Waals surface area contributed by atoms with Gasteiger partial charge in [-0.15, -0.1) is 0 Å². The van der Waals surface area contributed by atoms with E-state index in [0.717, 1.165) is 108 Å². The molecule has 0 aliphatic heterocycles. The number of rotatable bonds is 28. The standard InChI is InChI=1S/C30H60N8O4/c31-12-8-14-36-22-26(33)10-2-6-18-41-29-21-25(24-39)20-28(40-17-5-1-4-16-38-35)30(29)42-19-7-3-11-27(34)23-37-15-9-13-32/h21-24,28-30,36-38H,1-20,31-35H2/b26-22-,27-23-/t28-,29+,30?/m1/s1. The van der Waals surface area contributed by atoms with E-state index in [-0.39, 0.29) is 18.3 Å². The number of allylic oxidation sites excluding steroid dienone is 2. The van der Waals surface area contributed by atoms with Gasteiger partial charge in [-0.05, 0) is 95.4 Å². The number of nitrogens with one attached hydrogen (secondary N) is 3. The Bertz CT molecular complexity index is 766. The number of hydrogen-bond donors (Lipinski definition) is 8. The summed E-state index contributed by atoms with van der Waals surface area (Å²) in [5.74, 6) is 5.36. The largest absolute Gasteiger partial charge is 0.401 e. The van der Waals surface area contributed by atoms with E-state index >= 15 is 0 Å². The van der Waals surface area contributed by atoms with E-state index in [4.69, 9.17) is 43.0 Å². The third-order valence-corrected chi connectivity index (χ3v) is 6.92. The molecule has 1 aliphatic rings. The molecule has 42 heavy (non-hydrogen) atoms. The van der Waals surface area contributed by atoms with Crippen LogP contribution in [0.15, 0.2) is 35.4 Å². The van der Waals surface area contributed by atoms with Crippen LogP contribution in [0.5, 0.6) is 0 Å². The number of aldehydes is 1. The normalized spacial score (nSPS) is 19.5. The summed E-state index contributed by atoms with van der Waals surface area (Å²) in [5, 5.41) is 6.37. The average molecular weight is 597 g/mol. The third kappa shape index (κ3) is 19.1. The molecule has 0 aromatic carbocycles. The molecule has 13 N–H and O–H groups in total. The number of unbranched alkanes of at least 4 members (excludes halogenated alkanes) is 4. The molecule has 0 bridgehead atoms. The molecule has 1 aliphatic carbocycles. The van der Waals surface area contributed by atoms with Gasteiger partial charge >= 0.3 is 0 Å². The molecule has 0 heterocycles. The maximum absolute atomic E-state index is 11.8. The van der Waals surface area contributed by atoms with Crippen LogP contribution in [0, 0.1) is 0 Å². The van der Waals surface area contributed by atoms with Crippen molar-refractivity contribution in [1.29, 1.82) is 0 Å². The van der Waals surface area contributed by atoms with Crippen LogP contribution in [0.1, 0.15) is 77.0 Å². The second-order valence-corrected chi connectivity index (χ2v) is 10.7. The molecule has 0 spiro atoms. The number of hydrazine groups is 1. The van der Waals surface area contributed by atoms with Gasteiger partial charge in [0.1, 0.15) is 18.5 Å². The summed E-state index contributed by atoms with van der Waals surface area (Å²) in [6.45, 7) is 5.42. The summed E-state index contributed by atoms with van der Waals surface area (Å²) in [7, 11) is 0. The van der Waals surface area contributed by atoms with E-state index in [1.165, 1.54) is 0 Å². The molecule has 12 heteroatoms. The lowest BCUT2D eigenvalue weighted by Crippen LogP contribution is -2.45. The quantitative estimate of drug-likeness (QED) is 0.0276. The van der Waals surface area contributed by atoms with Gasteiger partial charge in [0.2, 0.25) is 0 Å². The van der Waals surface area contributed by atoms with Crippen LogP contribution in [0.3, 0.4) is 0 Å². The van der Waals surface area contributed by atoms with E-state index in [2.05, 4.69) is 16.1 Å². The highest BCUT2D eigenvalue weighted by atomic mass is 16.6. The first-order valence-electron chi connectivity index (χ1n) is 15.8. The molecule has 1 rings (SSSR count). The van der Waals surface area contributed by atoms with Gasteiger partial charge in [0.05, 0.1) is 6.10 Å². The Morgan fingerprint density at radius 1 is 0.762 bits per heavy atom. The molecule has 0 saturated carbocycles. The highest BCUT2D eigenvalue weighted by Gasteiger charge is 2.35. The minimum atomic E-state index is -0.354. The predicted octanol–water partition coefficient (Wildman–Crippen LogP) is 1.12. The maximum Gasteiger partial charge on any atom is 0.145 e. The van der Waals surface area contributed by atoms with Crippen LogP contribution in [0.2, 0.25) is 0 Å². The summed E-state index contributed by atoms with van der Waals surface area (Å²) in [6, 6.07) is 0. The summed E-state index contributed by atoms with van der Waals surface area (Å²) < 4.78 is 18.9. The van der Waals surface area contributed by atoms with Crippen molar-refractivity contribution in [2.45, 2.75) is 95.4 Å². The van der Waals surface area contributed by atoms with Gasteiger partial charge in [-0.25, -0.2) is 0 Å². The van der Waals surface area contributed by atoms with Crippen molar-refractivity contribution in [2.24, 2.45) is 28.8 Å². The fraction of sp³-hybridized carbons (Fsp3) is 0.767. The second-order valence-electron chi connectivity index (χ2n) is 10.7. The third-order valence-electron chi connectivity index (χ3n) is 6.92. The average Bonchev–Trinajstić information content (AvgIpc) is 2.99. The molecule has 0 fully saturated rings. The topological polar surface area (TPSA) is 211 Å². The number of hydrogen-bond acceptors (Lipinski definition) is 12. The van der Waals surface area contributed by atoms with Crippen LogP contribution in [0.25, 0.3) is 0 Å². The van der Waals surface area contributed by atoms with Crippen LogP contribution in [-0.2, 0) is 19.0 Å². The van der Waals surface area contributed by atoms with E-state index in [9.17, 15) is 4.79 Å². The minimum Gasteiger partial charge on any atom is -0.401 e. The zero-order valence-electron chi connectivity index (χ0n) is 25.7. The van der Waals surface area contributed by atoms with Crippen molar-refractivity contribution < 1.29 is 19.0 Å². The van der Waals surface area contributed by atoms with Gasteiger partial charge in [0.15, 0.2) is 0 Å². The summed E-state index contributed by atoms with van der Waals surface area (Å²) in [5.41, 5.74) is 28.2. The van der Waals surface area contributed by atoms with Crippen molar-refractivity contribution in [3.8, 4) is 0 Å². The van der Waals surface area contributed by atoms with Crippen LogP contribution < -0.4 is 44.8 Å². The Labute approximate surface area is 253 Å². The van der Waals surface area contributed by atoms with Gasteiger partial charge in [-0.3, -0.25) is 16.1 Å².